The average Bonchev–Trinajstić information content (AvgIpc) is 3.89. The number of likely N-dealkylation sites (tertiary alicyclic amines) is 1. The Hall–Kier alpha value is -4.88. The minimum absolute atomic E-state index is 0.0280. The summed E-state index contributed by atoms with van der Waals surface area (Å²) in [5, 5.41) is 22.1. The Labute approximate surface area is 303 Å². The molecule has 3 aliphatic heterocycles. The zero-order valence-electron chi connectivity index (χ0n) is 30.0. The Morgan fingerprint density at radius 3 is 2.54 bits per heavy atom. The summed E-state index contributed by atoms with van der Waals surface area (Å²) in [6, 6.07) is 14.1. The van der Waals surface area contributed by atoms with Crippen molar-refractivity contribution in [1.29, 1.82) is 0 Å². The van der Waals surface area contributed by atoms with Gasteiger partial charge in [-0.15, -0.1) is 18.3 Å². The Bertz CT molecular complexity index is 1810. The van der Waals surface area contributed by atoms with Gasteiger partial charge in [-0.1, -0.05) is 73.7 Å². The number of rotatable bonds is 16. The maximum absolute atomic E-state index is 14.9. The molecule has 0 radical (unpaired) electrons. The van der Waals surface area contributed by atoms with Gasteiger partial charge in [0.2, 0.25) is 17.7 Å². The van der Waals surface area contributed by atoms with Crippen LogP contribution in [0.3, 0.4) is 0 Å². The molecule has 13 nitrogen and oxygen atoms in total. The van der Waals surface area contributed by atoms with E-state index in [-0.39, 0.29) is 38.1 Å². The second kappa shape index (κ2) is 15.4. The van der Waals surface area contributed by atoms with Crippen LogP contribution in [0.5, 0.6) is 0 Å². The van der Waals surface area contributed by atoms with Gasteiger partial charge in [0, 0.05) is 13.0 Å². The molecule has 4 heterocycles. The van der Waals surface area contributed by atoms with Gasteiger partial charge in [0.1, 0.15) is 29.9 Å². The fraction of sp³-hybridized carbons (Fsp3) is 0.487. The van der Waals surface area contributed by atoms with Crippen LogP contribution in [0.4, 0.5) is 0 Å². The summed E-state index contributed by atoms with van der Waals surface area (Å²) < 4.78 is 14.6. The molecule has 13 heteroatoms. The number of aliphatic hydroxyl groups excluding tert-OH is 1. The molecule has 276 valence electrons. The molecule has 1 aromatic heterocycles. The minimum atomic E-state index is -1.33. The van der Waals surface area contributed by atoms with E-state index in [1.165, 1.54) is 4.90 Å². The number of fused-ring (bicyclic) bond motifs is 2. The summed E-state index contributed by atoms with van der Waals surface area (Å²) in [6.45, 7) is 12.9. The lowest BCUT2D eigenvalue weighted by atomic mass is 9.70. The highest BCUT2D eigenvalue weighted by Gasteiger charge is 2.76. The molecule has 2 bridgehead atoms. The minimum Gasteiger partial charge on any atom is -0.455 e. The van der Waals surface area contributed by atoms with Gasteiger partial charge in [0.05, 0.1) is 42.1 Å². The number of ether oxygens (including phenoxy) is 2. The van der Waals surface area contributed by atoms with Gasteiger partial charge in [-0.3, -0.25) is 19.2 Å². The van der Waals surface area contributed by atoms with E-state index in [4.69, 9.17) is 9.47 Å². The van der Waals surface area contributed by atoms with Gasteiger partial charge in [-0.05, 0) is 49.8 Å². The molecule has 52 heavy (non-hydrogen) atoms. The number of nitrogens with one attached hydrogen (secondary N) is 1. The molecule has 0 aliphatic carbocycles. The second-order valence-corrected chi connectivity index (χ2v) is 14.3. The molecule has 3 saturated heterocycles. The number of nitrogens with zero attached hydrogens (tertiary/aromatic N) is 5. The van der Waals surface area contributed by atoms with Crippen LogP contribution in [0.25, 0.3) is 11.0 Å². The number of aliphatic hydroxyl groups is 1. The number of hydrogen-bond donors (Lipinski definition) is 2. The zero-order valence-corrected chi connectivity index (χ0v) is 30.0. The van der Waals surface area contributed by atoms with Crippen molar-refractivity contribution in [2.24, 2.45) is 17.8 Å². The molecular formula is C39H48N6O7. The third-order valence-electron chi connectivity index (χ3n) is 10.7. The van der Waals surface area contributed by atoms with E-state index in [2.05, 4.69) is 28.8 Å². The van der Waals surface area contributed by atoms with E-state index < -0.39 is 65.6 Å². The third-order valence-corrected chi connectivity index (χ3v) is 10.7. The Morgan fingerprint density at radius 2 is 1.85 bits per heavy atom. The lowest BCUT2D eigenvalue weighted by Gasteiger charge is -2.40. The fourth-order valence-electron chi connectivity index (χ4n) is 8.29. The lowest BCUT2D eigenvalue weighted by Crippen LogP contribution is -2.59. The largest absolute Gasteiger partial charge is 0.455 e. The summed E-state index contributed by atoms with van der Waals surface area (Å²) in [4.78, 5) is 59.8. The Morgan fingerprint density at radius 1 is 1.12 bits per heavy atom. The first kappa shape index (κ1) is 36.9. The number of benzene rings is 2. The number of esters is 1. The van der Waals surface area contributed by atoms with Gasteiger partial charge in [-0.25, -0.2) is 4.68 Å². The van der Waals surface area contributed by atoms with Crippen LogP contribution in [0.1, 0.15) is 58.1 Å². The number of para-hydroxylation sites is 1. The van der Waals surface area contributed by atoms with E-state index in [1.807, 2.05) is 68.4 Å². The number of amides is 3. The predicted molar refractivity (Wildman–Crippen MR) is 192 cm³/mol. The molecule has 3 aromatic rings. The molecule has 3 aliphatic rings. The first-order chi connectivity index (χ1) is 25.1. The van der Waals surface area contributed by atoms with Crippen molar-refractivity contribution >= 4 is 34.7 Å². The van der Waals surface area contributed by atoms with Gasteiger partial charge in [0.25, 0.3) is 0 Å². The van der Waals surface area contributed by atoms with Crippen molar-refractivity contribution in [2.45, 2.75) is 89.1 Å². The highest BCUT2D eigenvalue weighted by atomic mass is 16.6. The van der Waals surface area contributed by atoms with Crippen molar-refractivity contribution in [1.82, 2.24) is 30.1 Å². The summed E-state index contributed by atoms with van der Waals surface area (Å²) in [5.74, 6) is -3.92. The smallest absolute Gasteiger partial charge is 0.313 e. The molecule has 2 aromatic carbocycles. The van der Waals surface area contributed by atoms with E-state index in [0.29, 0.717) is 30.3 Å². The van der Waals surface area contributed by atoms with Crippen molar-refractivity contribution in [3.05, 3.63) is 85.5 Å². The molecule has 1 spiro atoms. The third kappa shape index (κ3) is 6.63. The van der Waals surface area contributed by atoms with E-state index >= 15 is 0 Å². The number of hydrogen-bond acceptors (Lipinski definition) is 9. The fourth-order valence-corrected chi connectivity index (χ4v) is 8.29. The predicted octanol–water partition coefficient (Wildman–Crippen LogP) is 3.55. The molecule has 2 N–H and O–H groups in total. The normalized spacial score (nSPS) is 25.1. The summed E-state index contributed by atoms with van der Waals surface area (Å²) in [7, 11) is 0. The van der Waals surface area contributed by atoms with Crippen LogP contribution in [0, 0.1) is 17.8 Å². The van der Waals surface area contributed by atoms with Crippen LogP contribution < -0.4 is 5.32 Å². The van der Waals surface area contributed by atoms with Crippen LogP contribution in [-0.4, -0.2) is 96.6 Å². The van der Waals surface area contributed by atoms with Crippen molar-refractivity contribution in [3.63, 3.8) is 0 Å². The SMILES string of the molecule is C=CCCC(=O)N[C@H](C)[C@@H](OC(=O)[C@@H]1[C@@H]2CC[C@]3(O2)[C@H](C(=O)N(CC=C)Cn2nnc4ccccc42)N([C@@H](CO)C(C)C)C(=O)[C@@H]13)c1ccccc1. The maximum Gasteiger partial charge on any atom is 0.313 e. The Kier molecular flexibility index (Phi) is 10.9. The van der Waals surface area contributed by atoms with Gasteiger partial charge >= 0.3 is 5.97 Å². The molecule has 6 rings (SSSR count). The van der Waals surface area contributed by atoms with Crippen molar-refractivity contribution in [2.75, 3.05) is 13.2 Å². The quantitative estimate of drug-likeness (QED) is 0.168. The lowest BCUT2D eigenvalue weighted by molar-refractivity contribution is -0.163. The first-order valence-corrected chi connectivity index (χ1v) is 18.0. The van der Waals surface area contributed by atoms with E-state index in [0.717, 1.165) is 5.52 Å². The van der Waals surface area contributed by atoms with Crippen LogP contribution >= 0.6 is 0 Å². The number of aromatic nitrogens is 3. The van der Waals surface area contributed by atoms with Crippen LogP contribution in [0.2, 0.25) is 0 Å². The van der Waals surface area contributed by atoms with E-state index in [9.17, 15) is 24.3 Å². The summed E-state index contributed by atoms with van der Waals surface area (Å²) >= 11 is 0. The maximum atomic E-state index is 14.9. The van der Waals surface area contributed by atoms with Crippen molar-refractivity contribution in [3.8, 4) is 0 Å². The summed E-state index contributed by atoms with van der Waals surface area (Å²) in [5.41, 5.74) is 0.750. The number of carbonyl (C=O) groups is 4. The molecule has 3 fully saturated rings. The average molecular weight is 713 g/mol. The van der Waals surface area contributed by atoms with E-state index in [1.54, 1.807) is 28.7 Å². The topological polar surface area (TPSA) is 156 Å². The molecule has 0 unspecified atom stereocenters. The van der Waals surface area contributed by atoms with Crippen molar-refractivity contribution < 1.29 is 33.8 Å². The van der Waals surface area contributed by atoms with Gasteiger partial charge < -0.3 is 29.7 Å². The molecule has 3 amide bonds. The number of carbonyl (C=O) groups excluding carboxylic acids is 4. The molecule has 8 atom stereocenters. The monoisotopic (exact) mass is 712 g/mol. The van der Waals surface area contributed by atoms with Gasteiger partial charge in [0.15, 0.2) is 0 Å². The molecule has 0 saturated carbocycles. The first-order valence-electron chi connectivity index (χ1n) is 18.0. The van der Waals surface area contributed by atoms with Crippen LogP contribution in [-0.2, 0) is 35.3 Å². The van der Waals surface area contributed by atoms with Crippen LogP contribution in [0.15, 0.2) is 79.9 Å². The standard InChI is InChI=1S/C39H48N6O7/c1-6-8-18-31(47)40-25(5)34(26-14-10-9-11-15-26)51-38(50)32-30-19-20-39(52-30)33(32)36(48)45(29(22-46)24(3)4)35(39)37(49)43(21-7-2)23-44-28-17-13-12-16-27(28)41-42-44/h6-7,9-17,24-25,29-30,32-35,46H,1-2,8,18-23H2,3-5H3,(H,40,47)/t25-,29+,30+,32-,33-,34-,35+,39-/m1/s1. The number of allylic oxidation sites excluding steroid dienone is 1. The zero-order chi connectivity index (χ0) is 37.2. The van der Waals surface area contributed by atoms with Gasteiger partial charge in [-0.2, -0.15) is 0 Å². The summed E-state index contributed by atoms with van der Waals surface area (Å²) in [6.07, 6.45) is 3.30. The Balaban J connectivity index is 1.34. The second-order valence-electron chi connectivity index (χ2n) is 14.3. The highest BCUT2D eigenvalue weighted by molar-refractivity contribution is 5.98. The molecular weight excluding hydrogens is 664 g/mol. The highest BCUT2D eigenvalue weighted by Crippen LogP contribution is 2.59.